The van der Waals surface area contributed by atoms with Gasteiger partial charge in [-0.05, 0) is 42.0 Å². The van der Waals surface area contributed by atoms with E-state index in [0.717, 1.165) is 11.8 Å². The number of anilines is 1. The van der Waals surface area contributed by atoms with Crippen molar-refractivity contribution in [1.29, 1.82) is 0 Å². The maximum atomic E-state index is 13.2. The van der Waals surface area contributed by atoms with Crippen LogP contribution in [-0.4, -0.2) is 16.8 Å². The average molecular weight is 282 g/mol. The monoisotopic (exact) mass is 281 g/mol. The second kappa shape index (κ2) is 5.91. The number of halogens is 2. The highest BCUT2D eigenvalue weighted by Gasteiger charge is 2.12. The molecule has 0 fully saturated rings. The molecule has 0 aliphatic heterocycles. The first-order valence-corrected chi connectivity index (χ1v) is 6.08. The smallest absolute Gasteiger partial charge is 0.127 e. The molecule has 0 saturated heterocycles. The van der Waals surface area contributed by atoms with Gasteiger partial charge in [0, 0.05) is 16.8 Å². The standard InChI is InChI=1S/C14H13ClFNO2/c15-10-1-3-12(4-2-10)17-14(8-18)9-5-11(16)7-13(19)6-9/h1-7,14,17-19H,8H2. The van der Waals surface area contributed by atoms with E-state index in [0.29, 0.717) is 10.6 Å². The number of aromatic hydroxyl groups is 1. The molecule has 0 amide bonds. The number of hydrogen-bond acceptors (Lipinski definition) is 3. The average Bonchev–Trinajstić information content (AvgIpc) is 2.37. The number of aliphatic hydroxyl groups is 1. The summed E-state index contributed by atoms with van der Waals surface area (Å²) >= 11 is 5.78. The fourth-order valence-corrected chi connectivity index (χ4v) is 1.91. The van der Waals surface area contributed by atoms with E-state index in [9.17, 15) is 14.6 Å². The highest BCUT2D eigenvalue weighted by molar-refractivity contribution is 6.30. The molecule has 0 aliphatic carbocycles. The minimum absolute atomic E-state index is 0.175. The highest BCUT2D eigenvalue weighted by Crippen LogP contribution is 2.24. The summed E-state index contributed by atoms with van der Waals surface area (Å²) in [5, 5.41) is 22.4. The molecule has 0 heterocycles. The Kier molecular flexibility index (Phi) is 4.24. The van der Waals surface area contributed by atoms with Crippen LogP contribution in [0, 0.1) is 5.82 Å². The summed E-state index contributed by atoms with van der Waals surface area (Å²) < 4.78 is 13.2. The Morgan fingerprint density at radius 1 is 1.16 bits per heavy atom. The Morgan fingerprint density at radius 3 is 2.42 bits per heavy atom. The predicted octanol–water partition coefficient (Wildman–Crippen LogP) is 3.33. The van der Waals surface area contributed by atoms with E-state index >= 15 is 0 Å². The van der Waals surface area contributed by atoms with Crippen molar-refractivity contribution in [1.82, 2.24) is 0 Å². The molecule has 19 heavy (non-hydrogen) atoms. The predicted molar refractivity (Wildman–Crippen MR) is 73.0 cm³/mol. The zero-order chi connectivity index (χ0) is 13.8. The second-order valence-corrected chi connectivity index (χ2v) is 4.57. The van der Waals surface area contributed by atoms with Crippen LogP contribution in [0.25, 0.3) is 0 Å². The number of phenols is 1. The van der Waals surface area contributed by atoms with Crippen LogP contribution in [0.3, 0.4) is 0 Å². The van der Waals surface area contributed by atoms with E-state index in [1.807, 2.05) is 0 Å². The van der Waals surface area contributed by atoms with Crippen LogP contribution >= 0.6 is 11.6 Å². The van der Waals surface area contributed by atoms with E-state index in [1.165, 1.54) is 12.1 Å². The largest absolute Gasteiger partial charge is 0.508 e. The zero-order valence-electron chi connectivity index (χ0n) is 9.98. The van der Waals surface area contributed by atoms with E-state index < -0.39 is 11.9 Å². The van der Waals surface area contributed by atoms with Crippen LogP contribution in [0.15, 0.2) is 42.5 Å². The normalized spacial score (nSPS) is 12.2. The number of aliphatic hydroxyl groups excluding tert-OH is 1. The van der Waals surface area contributed by atoms with Crippen molar-refractivity contribution >= 4 is 17.3 Å². The van der Waals surface area contributed by atoms with Crippen LogP contribution in [0.5, 0.6) is 5.75 Å². The molecule has 100 valence electrons. The Balaban J connectivity index is 2.22. The van der Waals surface area contributed by atoms with Gasteiger partial charge in [0.05, 0.1) is 12.6 Å². The van der Waals surface area contributed by atoms with Crippen molar-refractivity contribution in [2.75, 3.05) is 11.9 Å². The van der Waals surface area contributed by atoms with E-state index in [4.69, 9.17) is 11.6 Å². The van der Waals surface area contributed by atoms with Gasteiger partial charge in [0.25, 0.3) is 0 Å². The van der Waals surface area contributed by atoms with Gasteiger partial charge in [-0.15, -0.1) is 0 Å². The van der Waals surface area contributed by atoms with Gasteiger partial charge >= 0.3 is 0 Å². The summed E-state index contributed by atoms with van der Waals surface area (Å²) in [5.74, 6) is -0.724. The molecule has 0 spiro atoms. The first-order valence-electron chi connectivity index (χ1n) is 5.71. The number of nitrogens with one attached hydrogen (secondary N) is 1. The molecule has 0 saturated carbocycles. The van der Waals surface area contributed by atoms with Gasteiger partial charge in [0.2, 0.25) is 0 Å². The number of hydrogen-bond donors (Lipinski definition) is 3. The van der Waals surface area contributed by atoms with Crippen LogP contribution in [0.2, 0.25) is 5.02 Å². The van der Waals surface area contributed by atoms with Gasteiger partial charge < -0.3 is 15.5 Å². The van der Waals surface area contributed by atoms with Gasteiger partial charge in [-0.25, -0.2) is 4.39 Å². The first kappa shape index (κ1) is 13.6. The fraction of sp³-hybridized carbons (Fsp3) is 0.143. The van der Waals surface area contributed by atoms with Crippen molar-refractivity contribution in [2.24, 2.45) is 0 Å². The molecule has 0 bridgehead atoms. The highest BCUT2D eigenvalue weighted by atomic mass is 35.5. The maximum absolute atomic E-state index is 13.2. The van der Waals surface area contributed by atoms with Crippen molar-refractivity contribution in [3.63, 3.8) is 0 Å². The molecule has 2 rings (SSSR count). The molecule has 0 aromatic heterocycles. The van der Waals surface area contributed by atoms with E-state index in [1.54, 1.807) is 24.3 Å². The van der Waals surface area contributed by atoms with E-state index in [-0.39, 0.29) is 12.4 Å². The third kappa shape index (κ3) is 3.59. The summed E-state index contributed by atoms with van der Waals surface area (Å²) in [6, 6.07) is 10.1. The fourth-order valence-electron chi connectivity index (χ4n) is 1.78. The second-order valence-electron chi connectivity index (χ2n) is 4.13. The quantitative estimate of drug-likeness (QED) is 0.806. The lowest BCUT2D eigenvalue weighted by Crippen LogP contribution is -2.15. The van der Waals surface area contributed by atoms with Gasteiger partial charge in [-0.1, -0.05) is 11.6 Å². The first-order chi connectivity index (χ1) is 9.08. The SMILES string of the molecule is OCC(Nc1ccc(Cl)cc1)c1cc(O)cc(F)c1. The lowest BCUT2D eigenvalue weighted by molar-refractivity contribution is 0.276. The summed E-state index contributed by atoms with van der Waals surface area (Å²) in [7, 11) is 0. The molecule has 5 heteroatoms. The van der Waals surface area contributed by atoms with Crippen LogP contribution in [-0.2, 0) is 0 Å². The number of rotatable bonds is 4. The van der Waals surface area contributed by atoms with Crippen LogP contribution in [0.4, 0.5) is 10.1 Å². The van der Waals surface area contributed by atoms with Gasteiger partial charge in [-0.3, -0.25) is 0 Å². The van der Waals surface area contributed by atoms with E-state index in [2.05, 4.69) is 5.32 Å². The van der Waals surface area contributed by atoms with Crippen molar-refractivity contribution in [2.45, 2.75) is 6.04 Å². The Bertz CT molecular complexity index is 540. The lowest BCUT2D eigenvalue weighted by Gasteiger charge is -2.18. The Hall–Kier alpha value is -1.78. The number of phenolic OH excluding ortho intramolecular Hbond substituents is 1. The molecule has 2 aromatic carbocycles. The summed E-state index contributed by atoms with van der Waals surface area (Å²) in [4.78, 5) is 0. The molecule has 2 aromatic rings. The summed E-state index contributed by atoms with van der Waals surface area (Å²) in [6.45, 7) is -0.231. The lowest BCUT2D eigenvalue weighted by atomic mass is 10.1. The Labute approximate surface area is 115 Å². The summed E-state index contributed by atoms with van der Waals surface area (Å²) in [5.41, 5.74) is 1.21. The van der Waals surface area contributed by atoms with Crippen molar-refractivity contribution in [3.05, 3.63) is 58.9 Å². The summed E-state index contributed by atoms with van der Waals surface area (Å²) in [6.07, 6.45) is 0. The molecule has 0 aliphatic rings. The van der Waals surface area contributed by atoms with Crippen molar-refractivity contribution < 1.29 is 14.6 Å². The zero-order valence-corrected chi connectivity index (χ0v) is 10.7. The minimum atomic E-state index is -0.550. The van der Waals surface area contributed by atoms with Gasteiger partial charge in [-0.2, -0.15) is 0 Å². The third-order valence-corrected chi connectivity index (χ3v) is 2.93. The van der Waals surface area contributed by atoms with Crippen LogP contribution < -0.4 is 5.32 Å². The molecular weight excluding hydrogens is 269 g/mol. The van der Waals surface area contributed by atoms with Gasteiger partial charge in [0.15, 0.2) is 0 Å². The molecule has 3 nitrogen and oxygen atoms in total. The van der Waals surface area contributed by atoms with Crippen LogP contribution in [0.1, 0.15) is 11.6 Å². The molecule has 3 N–H and O–H groups in total. The Morgan fingerprint density at radius 2 is 1.84 bits per heavy atom. The molecule has 0 radical (unpaired) electrons. The molecule has 1 atom stereocenters. The maximum Gasteiger partial charge on any atom is 0.127 e. The molecular formula is C14H13ClFNO2. The third-order valence-electron chi connectivity index (χ3n) is 2.67. The van der Waals surface area contributed by atoms with Crippen molar-refractivity contribution in [3.8, 4) is 5.75 Å². The minimum Gasteiger partial charge on any atom is -0.508 e. The van der Waals surface area contributed by atoms with Gasteiger partial charge in [0.1, 0.15) is 11.6 Å². The number of benzene rings is 2. The molecule has 1 unspecified atom stereocenters. The topological polar surface area (TPSA) is 52.5 Å².